The summed E-state index contributed by atoms with van der Waals surface area (Å²) in [6.07, 6.45) is 9.09. The lowest BCUT2D eigenvalue weighted by molar-refractivity contribution is 0.201. The van der Waals surface area contributed by atoms with E-state index in [1.54, 1.807) is 0 Å². The van der Waals surface area contributed by atoms with Crippen LogP contribution in [0.2, 0.25) is 0 Å². The summed E-state index contributed by atoms with van der Waals surface area (Å²) in [4.78, 5) is 0. The number of hydrogen-bond donors (Lipinski definition) is 1. The summed E-state index contributed by atoms with van der Waals surface area (Å²) in [5.74, 6) is 0.814. The van der Waals surface area contributed by atoms with Gasteiger partial charge >= 0.3 is 0 Å². The smallest absolute Gasteiger partial charge is 0.0723 e. The fraction of sp³-hybridized carbons (Fsp3) is 0.833. The number of aliphatic hydroxyl groups excluding tert-OH is 1. The highest BCUT2D eigenvalue weighted by Crippen LogP contribution is 2.23. The second kappa shape index (κ2) is 5.43. The van der Waals surface area contributed by atoms with Crippen LogP contribution in [0.25, 0.3) is 0 Å². The zero-order chi connectivity index (χ0) is 9.68. The summed E-state index contributed by atoms with van der Waals surface area (Å²) in [5, 5.41) is 9.41. The van der Waals surface area contributed by atoms with Crippen LogP contribution in [-0.4, -0.2) is 11.2 Å². The third-order valence-electron chi connectivity index (χ3n) is 2.71. The molecule has 0 radical (unpaired) electrons. The van der Waals surface area contributed by atoms with Crippen molar-refractivity contribution in [3.8, 4) is 0 Å². The highest BCUT2D eigenvalue weighted by Gasteiger charge is 2.10. The first kappa shape index (κ1) is 10.8. The van der Waals surface area contributed by atoms with Gasteiger partial charge in [0.15, 0.2) is 0 Å². The lowest BCUT2D eigenvalue weighted by Gasteiger charge is -2.17. The van der Waals surface area contributed by atoms with Gasteiger partial charge in [-0.25, -0.2) is 0 Å². The summed E-state index contributed by atoms with van der Waals surface area (Å²) in [6, 6.07) is 0. The molecule has 0 fully saturated rings. The molecule has 1 aliphatic rings. The first-order valence-electron chi connectivity index (χ1n) is 5.56. The van der Waals surface area contributed by atoms with Crippen molar-refractivity contribution in [2.24, 2.45) is 5.92 Å². The van der Waals surface area contributed by atoms with Crippen LogP contribution < -0.4 is 0 Å². The van der Waals surface area contributed by atoms with E-state index < -0.39 is 0 Å². The molecule has 76 valence electrons. The van der Waals surface area contributed by atoms with Crippen LogP contribution >= 0.6 is 0 Å². The summed E-state index contributed by atoms with van der Waals surface area (Å²) in [6.45, 7) is 4.54. The van der Waals surface area contributed by atoms with Crippen molar-refractivity contribution in [3.05, 3.63) is 11.6 Å². The van der Waals surface area contributed by atoms with Crippen molar-refractivity contribution >= 4 is 0 Å². The molecule has 1 nitrogen and oxygen atoms in total. The van der Waals surface area contributed by atoms with Gasteiger partial charge in [0.05, 0.1) is 6.10 Å². The fourth-order valence-corrected chi connectivity index (χ4v) is 1.92. The van der Waals surface area contributed by atoms with Crippen LogP contribution in [0.4, 0.5) is 0 Å². The van der Waals surface area contributed by atoms with Crippen LogP contribution in [0.15, 0.2) is 11.6 Å². The third kappa shape index (κ3) is 4.47. The highest BCUT2D eigenvalue weighted by atomic mass is 16.3. The van der Waals surface area contributed by atoms with Gasteiger partial charge in [0, 0.05) is 0 Å². The average Bonchev–Trinajstić information content (AvgIpc) is 2.03. The lowest BCUT2D eigenvalue weighted by atomic mass is 9.93. The van der Waals surface area contributed by atoms with Crippen molar-refractivity contribution < 1.29 is 5.11 Å². The van der Waals surface area contributed by atoms with Gasteiger partial charge < -0.3 is 5.11 Å². The Labute approximate surface area is 81.9 Å². The molecule has 0 aromatic heterocycles. The maximum Gasteiger partial charge on any atom is 0.0723 e. The molecule has 13 heavy (non-hydrogen) atoms. The third-order valence-corrected chi connectivity index (χ3v) is 2.71. The first-order valence-corrected chi connectivity index (χ1v) is 5.56. The average molecular weight is 182 g/mol. The molecule has 0 aromatic carbocycles. The largest absolute Gasteiger partial charge is 0.389 e. The van der Waals surface area contributed by atoms with Crippen molar-refractivity contribution in [3.63, 3.8) is 0 Å². The molecular weight excluding hydrogens is 160 g/mol. The summed E-state index contributed by atoms with van der Waals surface area (Å²) < 4.78 is 0. The first-order chi connectivity index (χ1) is 6.18. The topological polar surface area (TPSA) is 20.2 Å². The summed E-state index contributed by atoms with van der Waals surface area (Å²) in [7, 11) is 0. The maximum absolute atomic E-state index is 9.41. The van der Waals surface area contributed by atoms with Crippen molar-refractivity contribution in [2.75, 3.05) is 0 Å². The number of allylic oxidation sites excluding steroid dienone is 1. The Bertz CT molecular complexity index is 170. The minimum absolute atomic E-state index is 0.150. The van der Waals surface area contributed by atoms with Crippen molar-refractivity contribution in [1.82, 2.24) is 0 Å². The molecule has 1 aliphatic carbocycles. The van der Waals surface area contributed by atoms with Gasteiger partial charge in [-0.1, -0.05) is 31.9 Å². The zero-order valence-corrected chi connectivity index (χ0v) is 8.92. The van der Waals surface area contributed by atoms with Gasteiger partial charge in [0.2, 0.25) is 0 Å². The van der Waals surface area contributed by atoms with Crippen LogP contribution in [0, 0.1) is 5.92 Å². The quantitative estimate of drug-likeness (QED) is 0.661. The highest BCUT2D eigenvalue weighted by molar-refractivity contribution is 5.08. The Kier molecular flexibility index (Phi) is 4.51. The molecule has 0 heterocycles. The Morgan fingerprint density at radius 1 is 1.54 bits per heavy atom. The van der Waals surface area contributed by atoms with Crippen LogP contribution in [-0.2, 0) is 0 Å². The molecular formula is C12H22O. The molecule has 0 spiro atoms. The number of hydrogen-bond acceptors (Lipinski definition) is 1. The van der Waals surface area contributed by atoms with Crippen LogP contribution in [0.1, 0.15) is 52.4 Å². The normalized spacial score (nSPS) is 23.4. The molecule has 1 unspecified atom stereocenters. The molecule has 0 amide bonds. The second-order valence-electron chi connectivity index (χ2n) is 4.57. The number of aliphatic hydroxyl groups is 1. The predicted molar refractivity (Wildman–Crippen MR) is 56.6 cm³/mol. The van der Waals surface area contributed by atoms with E-state index in [0.717, 1.165) is 12.3 Å². The molecule has 0 saturated heterocycles. The van der Waals surface area contributed by atoms with Gasteiger partial charge in [-0.3, -0.25) is 0 Å². The lowest BCUT2D eigenvalue weighted by Crippen LogP contribution is -2.08. The molecule has 1 rings (SSSR count). The second-order valence-corrected chi connectivity index (χ2v) is 4.57. The monoisotopic (exact) mass is 182 g/mol. The van der Waals surface area contributed by atoms with E-state index in [9.17, 15) is 5.11 Å². The standard InChI is InChI=1S/C12H22O/c1-10(2)5-3-6-11-7-4-8-12(13)9-11/h9-10,12-13H,3-8H2,1-2H3. The minimum atomic E-state index is -0.150. The van der Waals surface area contributed by atoms with Crippen molar-refractivity contribution in [2.45, 2.75) is 58.5 Å². The Morgan fingerprint density at radius 3 is 2.92 bits per heavy atom. The van der Waals surface area contributed by atoms with Crippen molar-refractivity contribution in [1.29, 1.82) is 0 Å². The van der Waals surface area contributed by atoms with E-state index in [1.165, 1.54) is 37.7 Å². The SMILES string of the molecule is CC(C)CCCC1=CC(O)CCC1. The Morgan fingerprint density at radius 2 is 2.31 bits per heavy atom. The van der Waals surface area contributed by atoms with E-state index in [1.807, 2.05) is 0 Å². The van der Waals surface area contributed by atoms with E-state index in [2.05, 4.69) is 19.9 Å². The van der Waals surface area contributed by atoms with Gasteiger partial charge in [-0.05, 0) is 38.0 Å². The van der Waals surface area contributed by atoms with Gasteiger partial charge in [-0.2, -0.15) is 0 Å². The predicted octanol–water partition coefficient (Wildman–Crippen LogP) is 3.28. The minimum Gasteiger partial charge on any atom is -0.389 e. The summed E-state index contributed by atoms with van der Waals surface area (Å²) in [5.41, 5.74) is 1.49. The van der Waals surface area contributed by atoms with E-state index in [-0.39, 0.29) is 6.10 Å². The van der Waals surface area contributed by atoms with E-state index in [0.29, 0.717) is 0 Å². The van der Waals surface area contributed by atoms with E-state index >= 15 is 0 Å². The van der Waals surface area contributed by atoms with Crippen LogP contribution in [0.5, 0.6) is 0 Å². The molecule has 1 N–H and O–H groups in total. The molecule has 0 aromatic rings. The van der Waals surface area contributed by atoms with Gasteiger partial charge in [0.1, 0.15) is 0 Å². The Hall–Kier alpha value is -0.300. The fourth-order valence-electron chi connectivity index (χ4n) is 1.92. The Balaban J connectivity index is 2.20. The van der Waals surface area contributed by atoms with E-state index in [4.69, 9.17) is 0 Å². The number of rotatable bonds is 4. The molecule has 0 bridgehead atoms. The zero-order valence-electron chi connectivity index (χ0n) is 8.92. The molecule has 0 saturated carbocycles. The molecule has 1 atom stereocenters. The van der Waals surface area contributed by atoms with Gasteiger partial charge in [-0.15, -0.1) is 0 Å². The van der Waals surface area contributed by atoms with Crippen LogP contribution in [0.3, 0.4) is 0 Å². The maximum atomic E-state index is 9.41. The summed E-state index contributed by atoms with van der Waals surface area (Å²) >= 11 is 0. The molecule has 1 heteroatoms. The molecule has 0 aliphatic heterocycles. The van der Waals surface area contributed by atoms with Gasteiger partial charge in [0.25, 0.3) is 0 Å².